The molecule has 2 rings (SSSR count). The molecule has 0 N–H and O–H groups in total. The van der Waals surface area contributed by atoms with Gasteiger partial charge in [-0.05, 0) is 50.2 Å². The van der Waals surface area contributed by atoms with Gasteiger partial charge in [0.05, 0.1) is 6.54 Å². The summed E-state index contributed by atoms with van der Waals surface area (Å²) in [7, 11) is 1.72. The number of hydrogen-bond donors (Lipinski definition) is 0. The van der Waals surface area contributed by atoms with Crippen LogP contribution in [-0.4, -0.2) is 48.5 Å². The highest BCUT2D eigenvalue weighted by molar-refractivity contribution is 5.94. The Morgan fingerprint density at radius 3 is 2.37 bits per heavy atom. The topological polar surface area (TPSA) is 32.8 Å². The minimum atomic E-state index is -0.399. The molecule has 0 aliphatic rings. The Bertz CT molecular complexity index is 731. The second-order valence-corrected chi connectivity index (χ2v) is 6.86. The van der Waals surface area contributed by atoms with Crippen LogP contribution in [0.3, 0.4) is 0 Å². The SMILES string of the molecule is CCN(Cc1ccc(C(=O)N(C)CCOc2ccccc2F)cc1)C(C)C. The van der Waals surface area contributed by atoms with Crippen LogP contribution in [0.4, 0.5) is 4.39 Å². The van der Waals surface area contributed by atoms with Gasteiger partial charge in [0.25, 0.3) is 5.91 Å². The highest BCUT2D eigenvalue weighted by atomic mass is 19.1. The number of halogens is 1. The molecule has 1 amide bonds. The third kappa shape index (κ3) is 6.07. The average Bonchev–Trinajstić information content (AvgIpc) is 2.67. The lowest BCUT2D eigenvalue weighted by Crippen LogP contribution is -2.31. The maximum atomic E-state index is 13.5. The molecule has 2 aromatic carbocycles. The van der Waals surface area contributed by atoms with Crippen LogP contribution in [0.5, 0.6) is 5.75 Å². The van der Waals surface area contributed by atoms with E-state index in [-0.39, 0.29) is 18.3 Å². The highest BCUT2D eigenvalue weighted by Crippen LogP contribution is 2.15. The summed E-state index contributed by atoms with van der Waals surface area (Å²) < 4.78 is 18.9. The first-order valence-electron chi connectivity index (χ1n) is 9.38. The van der Waals surface area contributed by atoms with Crippen LogP contribution in [-0.2, 0) is 6.54 Å². The fraction of sp³-hybridized carbons (Fsp3) is 0.409. The summed E-state index contributed by atoms with van der Waals surface area (Å²) in [5.74, 6) is -0.271. The molecule has 0 heterocycles. The first kappa shape index (κ1) is 20.9. The maximum absolute atomic E-state index is 13.5. The minimum absolute atomic E-state index is 0.0742. The number of hydrogen-bond acceptors (Lipinski definition) is 3. The summed E-state index contributed by atoms with van der Waals surface area (Å²) in [5.41, 5.74) is 1.83. The van der Waals surface area contributed by atoms with Gasteiger partial charge in [-0.15, -0.1) is 0 Å². The Labute approximate surface area is 161 Å². The molecule has 27 heavy (non-hydrogen) atoms. The molecule has 146 valence electrons. The predicted octanol–water partition coefficient (Wildman–Crippen LogP) is 4.21. The number of benzene rings is 2. The van der Waals surface area contributed by atoms with Crippen molar-refractivity contribution in [3.05, 3.63) is 65.5 Å². The second kappa shape index (κ2) is 10.1. The van der Waals surface area contributed by atoms with Crippen molar-refractivity contribution in [3.63, 3.8) is 0 Å². The fourth-order valence-corrected chi connectivity index (χ4v) is 2.82. The van der Waals surface area contributed by atoms with Crippen molar-refractivity contribution in [1.29, 1.82) is 0 Å². The largest absolute Gasteiger partial charge is 0.489 e. The van der Waals surface area contributed by atoms with E-state index in [1.54, 1.807) is 30.1 Å². The number of amides is 1. The van der Waals surface area contributed by atoms with Crippen molar-refractivity contribution in [2.24, 2.45) is 0 Å². The van der Waals surface area contributed by atoms with Crippen LogP contribution in [0, 0.1) is 5.82 Å². The van der Waals surface area contributed by atoms with Gasteiger partial charge in [0.15, 0.2) is 11.6 Å². The van der Waals surface area contributed by atoms with Gasteiger partial charge >= 0.3 is 0 Å². The van der Waals surface area contributed by atoms with E-state index >= 15 is 0 Å². The molecule has 0 fully saturated rings. The maximum Gasteiger partial charge on any atom is 0.253 e. The van der Waals surface area contributed by atoms with Gasteiger partial charge in [0, 0.05) is 25.2 Å². The summed E-state index contributed by atoms with van der Waals surface area (Å²) in [6, 6.07) is 14.5. The summed E-state index contributed by atoms with van der Waals surface area (Å²) in [6.45, 7) is 8.99. The molecule has 0 unspecified atom stereocenters. The molecule has 0 aliphatic carbocycles. The third-order valence-corrected chi connectivity index (χ3v) is 4.59. The zero-order chi connectivity index (χ0) is 19.8. The molecule has 0 aromatic heterocycles. The van der Waals surface area contributed by atoms with Crippen molar-refractivity contribution in [2.75, 3.05) is 26.7 Å². The van der Waals surface area contributed by atoms with E-state index in [2.05, 4.69) is 25.7 Å². The molecule has 0 atom stereocenters. The van der Waals surface area contributed by atoms with Crippen LogP contribution in [0.2, 0.25) is 0 Å². The predicted molar refractivity (Wildman–Crippen MR) is 107 cm³/mol. The smallest absolute Gasteiger partial charge is 0.253 e. The second-order valence-electron chi connectivity index (χ2n) is 6.86. The Morgan fingerprint density at radius 1 is 1.11 bits per heavy atom. The van der Waals surface area contributed by atoms with Gasteiger partial charge in [0.2, 0.25) is 0 Å². The van der Waals surface area contributed by atoms with Crippen molar-refractivity contribution in [2.45, 2.75) is 33.4 Å². The van der Waals surface area contributed by atoms with E-state index in [4.69, 9.17) is 4.74 Å². The Kier molecular flexibility index (Phi) is 7.80. The van der Waals surface area contributed by atoms with Crippen molar-refractivity contribution in [1.82, 2.24) is 9.80 Å². The van der Waals surface area contributed by atoms with Gasteiger partial charge in [0.1, 0.15) is 6.61 Å². The first-order chi connectivity index (χ1) is 12.9. The van der Waals surface area contributed by atoms with E-state index in [9.17, 15) is 9.18 Å². The lowest BCUT2D eigenvalue weighted by atomic mass is 10.1. The number of carbonyl (C=O) groups excluding carboxylic acids is 1. The van der Waals surface area contributed by atoms with Crippen LogP contribution in [0.25, 0.3) is 0 Å². The normalized spacial score (nSPS) is 11.1. The number of likely N-dealkylation sites (N-methyl/N-ethyl adjacent to an activating group) is 1. The average molecular weight is 372 g/mol. The molecular weight excluding hydrogens is 343 g/mol. The quantitative estimate of drug-likeness (QED) is 0.661. The summed E-state index contributed by atoms with van der Waals surface area (Å²) in [4.78, 5) is 16.5. The van der Waals surface area contributed by atoms with Crippen molar-refractivity contribution < 1.29 is 13.9 Å². The Hall–Kier alpha value is -2.40. The standard InChI is InChI=1S/C22H29FN2O2/c1-5-25(17(2)3)16-18-10-12-19(13-11-18)22(26)24(4)14-15-27-21-9-7-6-8-20(21)23/h6-13,17H,5,14-16H2,1-4H3. The fourth-order valence-electron chi connectivity index (χ4n) is 2.82. The molecule has 0 bridgehead atoms. The molecule has 0 spiro atoms. The molecule has 0 radical (unpaired) electrons. The lowest BCUT2D eigenvalue weighted by molar-refractivity contribution is 0.0773. The monoisotopic (exact) mass is 372 g/mol. The van der Waals surface area contributed by atoms with E-state index in [0.29, 0.717) is 18.2 Å². The van der Waals surface area contributed by atoms with Crippen LogP contribution >= 0.6 is 0 Å². The Balaban J connectivity index is 1.87. The number of para-hydroxylation sites is 1. The van der Waals surface area contributed by atoms with Gasteiger partial charge < -0.3 is 9.64 Å². The number of rotatable bonds is 9. The van der Waals surface area contributed by atoms with E-state index in [1.807, 2.05) is 24.3 Å². The molecule has 0 saturated heterocycles. The zero-order valence-corrected chi connectivity index (χ0v) is 16.6. The van der Waals surface area contributed by atoms with Gasteiger partial charge in [-0.3, -0.25) is 9.69 Å². The highest BCUT2D eigenvalue weighted by Gasteiger charge is 2.13. The van der Waals surface area contributed by atoms with Crippen molar-refractivity contribution in [3.8, 4) is 5.75 Å². The van der Waals surface area contributed by atoms with E-state index in [0.717, 1.165) is 13.1 Å². The number of carbonyl (C=O) groups is 1. The van der Waals surface area contributed by atoms with Crippen LogP contribution in [0.1, 0.15) is 36.7 Å². The van der Waals surface area contributed by atoms with Crippen LogP contribution in [0.15, 0.2) is 48.5 Å². The molecule has 0 saturated carbocycles. The van der Waals surface area contributed by atoms with E-state index < -0.39 is 5.82 Å². The van der Waals surface area contributed by atoms with E-state index in [1.165, 1.54) is 11.6 Å². The molecule has 0 aliphatic heterocycles. The zero-order valence-electron chi connectivity index (χ0n) is 16.6. The number of ether oxygens (including phenoxy) is 1. The number of nitrogens with zero attached hydrogens (tertiary/aromatic N) is 2. The Morgan fingerprint density at radius 2 is 1.78 bits per heavy atom. The lowest BCUT2D eigenvalue weighted by Gasteiger charge is -2.25. The summed E-state index contributed by atoms with van der Waals surface area (Å²) >= 11 is 0. The molecule has 5 heteroatoms. The molecular formula is C22H29FN2O2. The molecule has 4 nitrogen and oxygen atoms in total. The summed E-state index contributed by atoms with van der Waals surface area (Å²) in [6.07, 6.45) is 0. The van der Waals surface area contributed by atoms with Gasteiger partial charge in [-0.2, -0.15) is 0 Å². The summed E-state index contributed by atoms with van der Waals surface area (Å²) in [5, 5.41) is 0. The third-order valence-electron chi connectivity index (χ3n) is 4.59. The first-order valence-corrected chi connectivity index (χ1v) is 9.38. The van der Waals surface area contributed by atoms with Gasteiger partial charge in [-0.25, -0.2) is 4.39 Å². The van der Waals surface area contributed by atoms with Gasteiger partial charge in [-0.1, -0.05) is 31.2 Å². The minimum Gasteiger partial charge on any atom is -0.489 e. The van der Waals surface area contributed by atoms with Crippen molar-refractivity contribution >= 4 is 5.91 Å². The molecule has 2 aromatic rings. The van der Waals surface area contributed by atoms with Crippen LogP contribution < -0.4 is 4.74 Å².